The van der Waals surface area contributed by atoms with Gasteiger partial charge in [-0.2, -0.15) is 0 Å². The fourth-order valence-corrected chi connectivity index (χ4v) is 3.04. The minimum atomic E-state index is -0.505. The molecule has 0 aliphatic rings. The Morgan fingerprint density at radius 3 is 2.81 bits per heavy atom. The number of halogens is 1. The van der Waals surface area contributed by atoms with Crippen LogP contribution in [0.1, 0.15) is 15.9 Å². The third kappa shape index (κ3) is 4.09. The molecule has 7 nitrogen and oxygen atoms in total. The van der Waals surface area contributed by atoms with Crippen molar-refractivity contribution in [2.24, 2.45) is 0 Å². The monoisotopic (exact) mass is 389 g/mol. The first-order chi connectivity index (χ1) is 12.4. The van der Waals surface area contributed by atoms with Gasteiger partial charge in [0, 0.05) is 27.8 Å². The molecular weight excluding hydrogens is 378 g/mol. The zero-order valence-corrected chi connectivity index (χ0v) is 15.1. The minimum absolute atomic E-state index is 0.0252. The van der Waals surface area contributed by atoms with E-state index in [0.29, 0.717) is 22.0 Å². The van der Waals surface area contributed by atoms with Gasteiger partial charge in [-0.1, -0.05) is 41.6 Å². The van der Waals surface area contributed by atoms with E-state index in [1.807, 2.05) is 0 Å². The number of nitrogens with zero attached hydrogens (tertiary/aromatic N) is 3. The first-order valence-electron chi connectivity index (χ1n) is 7.44. The number of aryl methyl sites for hydroxylation is 1. The number of thioether (sulfide) groups is 1. The SMILES string of the molecule is Cc1ccc(C(=O)CSc2nnc(-c3cccc(Cl)c3)o2)cc1[N+](=O)[O-]. The smallest absolute Gasteiger partial charge is 0.277 e. The van der Waals surface area contributed by atoms with Gasteiger partial charge in [0.05, 0.1) is 10.7 Å². The van der Waals surface area contributed by atoms with Gasteiger partial charge >= 0.3 is 0 Å². The van der Waals surface area contributed by atoms with Crippen LogP contribution in [0.3, 0.4) is 0 Å². The zero-order valence-electron chi connectivity index (χ0n) is 13.5. The van der Waals surface area contributed by atoms with Crippen molar-refractivity contribution < 1.29 is 14.1 Å². The van der Waals surface area contributed by atoms with Crippen molar-refractivity contribution >= 4 is 34.8 Å². The first-order valence-corrected chi connectivity index (χ1v) is 8.81. The van der Waals surface area contributed by atoms with Gasteiger partial charge in [-0.3, -0.25) is 14.9 Å². The number of rotatable bonds is 6. The normalized spacial score (nSPS) is 10.7. The Morgan fingerprint density at radius 1 is 1.27 bits per heavy atom. The summed E-state index contributed by atoms with van der Waals surface area (Å²) in [5.41, 5.74) is 1.37. The summed E-state index contributed by atoms with van der Waals surface area (Å²) >= 11 is 7.00. The van der Waals surface area contributed by atoms with Gasteiger partial charge in [0.2, 0.25) is 5.89 Å². The molecule has 0 radical (unpaired) electrons. The summed E-state index contributed by atoms with van der Waals surface area (Å²) in [7, 11) is 0. The second-order valence-corrected chi connectivity index (χ2v) is 6.72. The highest BCUT2D eigenvalue weighted by atomic mass is 35.5. The Labute approximate surface area is 157 Å². The number of Topliss-reactive ketones (excluding diaryl/α,β-unsaturated/α-hetero) is 1. The van der Waals surface area contributed by atoms with Crippen LogP contribution in [0.2, 0.25) is 5.02 Å². The van der Waals surface area contributed by atoms with Crippen molar-refractivity contribution in [1.29, 1.82) is 0 Å². The number of hydrogen-bond acceptors (Lipinski definition) is 7. The van der Waals surface area contributed by atoms with Crippen molar-refractivity contribution in [3.8, 4) is 11.5 Å². The molecule has 1 heterocycles. The van der Waals surface area contributed by atoms with Gasteiger partial charge < -0.3 is 4.42 Å². The highest BCUT2D eigenvalue weighted by molar-refractivity contribution is 7.99. The number of carbonyl (C=O) groups excluding carboxylic acids is 1. The standard InChI is InChI=1S/C17H12ClN3O4S/c1-10-5-6-11(8-14(10)21(23)24)15(22)9-26-17-20-19-16(25-17)12-3-2-4-13(18)7-12/h2-8H,9H2,1H3. The number of nitro benzene ring substituents is 1. The van der Waals surface area contributed by atoms with E-state index in [-0.39, 0.29) is 28.0 Å². The molecule has 0 unspecified atom stereocenters. The van der Waals surface area contributed by atoms with Gasteiger partial charge in [0.15, 0.2) is 5.78 Å². The molecule has 9 heteroatoms. The molecule has 0 aliphatic carbocycles. The molecular formula is C17H12ClN3O4S. The van der Waals surface area contributed by atoms with Gasteiger partial charge in [-0.05, 0) is 25.1 Å². The Bertz CT molecular complexity index is 990. The van der Waals surface area contributed by atoms with Crippen molar-refractivity contribution in [2.45, 2.75) is 12.1 Å². The van der Waals surface area contributed by atoms with Crippen LogP contribution in [0.25, 0.3) is 11.5 Å². The van der Waals surface area contributed by atoms with Crippen LogP contribution in [-0.2, 0) is 0 Å². The first kappa shape index (κ1) is 18.1. The second-order valence-electron chi connectivity index (χ2n) is 5.35. The number of carbonyl (C=O) groups is 1. The number of ketones is 1. The average Bonchev–Trinajstić information content (AvgIpc) is 3.09. The van der Waals surface area contributed by atoms with Crippen LogP contribution < -0.4 is 0 Å². The molecule has 0 saturated carbocycles. The van der Waals surface area contributed by atoms with Gasteiger partial charge in [0.25, 0.3) is 10.9 Å². The van der Waals surface area contributed by atoms with Gasteiger partial charge in [-0.15, -0.1) is 10.2 Å². The second kappa shape index (κ2) is 7.67. The van der Waals surface area contributed by atoms with Crippen LogP contribution in [0.15, 0.2) is 52.1 Å². The maximum absolute atomic E-state index is 12.3. The van der Waals surface area contributed by atoms with E-state index < -0.39 is 4.92 Å². The van der Waals surface area contributed by atoms with Crippen LogP contribution in [-0.4, -0.2) is 26.7 Å². The lowest BCUT2D eigenvalue weighted by Gasteiger charge is -2.01. The average molecular weight is 390 g/mol. The van der Waals surface area contributed by atoms with E-state index in [2.05, 4.69) is 10.2 Å². The van der Waals surface area contributed by atoms with E-state index >= 15 is 0 Å². The summed E-state index contributed by atoms with van der Waals surface area (Å²) in [5, 5.41) is 19.6. The number of benzene rings is 2. The van der Waals surface area contributed by atoms with Crippen molar-refractivity contribution in [2.75, 3.05) is 5.75 Å². The lowest BCUT2D eigenvalue weighted by Crippen LogP contribution is -2.04. The summed E-state index contributed by atoms with van der Waals surface area (Å²) in [6, 6.07) is 11.4. The molecule has 2 aromatic carbocycles. The molecule has 132 valence electrons. The summed E-state index contributed by atoms with van der Waals surface area (Å²) in [4.78, 5) is 22.8. The Kier molecular flexibility index (Phi) is 5.34. The Hall–Kier alpha value is -2.71. The van der Waals surface area contributed by atoms with Crippen LogP contribution in [0.5, 0.6) is 0 Å². The molecule has 0 spiro atoms. The molecule has 0 N–H and O–H groups in total. The lowest BCUT2D eigenvalue weighted by molar-refractivity contribution is -0.385. The molecule has 26 heavy (non-hydrogen) atoms. The molecule has 1 aromatic heterocycles. The third-order valence-corrected chi connectivity index (χ3v) is 4.59. The van der Waals surface area contributed by atoms with Crippen molar-refractivity contribution in [1.82, 2.24) is 10.2 Å². The maximum Gasteiger partial charge on any atom is 0.277 e. The molecule has 3 rings (SSSR count). The number of nitro groups is 1. The molecule has 0 bridgehead atoms. The fraction of sp³-hybridized carbons (Fsp3) is 0.118. The van der Waals surface area contributed by atoms with Gasteiger partial charge in [0.1, 0.15) is 0 Å². The van der Waals surface area contributed by atoms with E-state index in [0.717, 1.165) is 11.8 Å². The van der Waals surface area contributed by atoms with E-state index in [1.54, 1.807) is 43.3 Å². The molecule has 3 aromatic rings. The lowest BCUT2D eigenvalue weighted by atomic mass is 10.1. The predicted molar refractivity (Wildman–Crippen MR) is 97.6 cm³/mol. The summed E-state index contributed by atoms with van der Waals surface area (Å²) in [6.45, 7) is 1.62. The maximum atomic E-state index is 12.3. The van der Waals surface area contributed by atoms with E-state index in [9.17, 15) is 14.9 Å². The highest BCUT2D eigenvalue weighted by Gasteiger charge is 2.17. The van der Waals surface area contributed by atoms with Crippen LogP contribution in [0, 0.1) is 17.0 Å². The number of hydrogen-bond donors (Lipinski definition) is 0. The molecule has 0 amide bonds. The fourth-order valence-electron chi connectivity index (χ4n) is 2.20. The van der Waals surface area contributed by atoms with Crippen LogP contribution >= 0.6 is 23.4 Å². The van der Waals surface area contributed by atoms with E-state index in [4.69, 9.17) is 16.0 Å². The topological polar surface area (TPSA) is 99.1 Å². The Morgan fingerprint density at radius 2 is 2.08 bits per heavy atom. The molecule has 0 fully saturated rings. The predicted octanol–water partition coefficient (Wildman–Crippen LogP) is 4.58. The quantitative estimate of drug-likeness (QED) is 0.263. The number of aromatic nitrogens is 2. The van der Waals surface area contributed by atoms with E-state index in [1.165, 1.54) is 6.07 Å². The highest BCUT2D eigenvalue weighted by Crippen LogP contribution is 2.26. The van der Waals surface area contributed by atoms with Crippen LogP contribution in [0.4, 0.5) is 5.69 Å². The largest absolute Gasteiger partial charge is 0.411 e. The summed E-state index contributed by atoms with van der Waals surface area (Å²) < 4.78 is 5.51. The summed E-state index contributed by atoms with van der Waals surface area (Å²) in [6.07, 6.45) is 0. The van der Waals surface area contributed by atoms with Crippen molar-refractivity contribution in [3.05, 3.63) is 68.7 Å². The zero-order chi connectivity index (χ0) is 18.7. The third-order valence-electron chi connectivity index (χ3n) is 3.53. The summed E-state index contributed by atoms with van der Waals surface area (Å²) in [5.74, 6) is 0.0613. The molecule has 0 aliphatic heterocycles. The minimum Gasteiger partial charge on any atom is -0.411 e. The Balaban J connectivity index is 1.69. The van der Waals surface area contributed by atoms with Gasteiger partial charge in [-0.25, -0.2) is 0 Å². The molecule has 0 saturated heterocycles. The van der Waals surface area contributed by atoms with Crippen molar-refractivity contribution in [3.63, 3.8) is 0 Å². The molecule has 0 atom stereocenters.